The van der Waals surface area contributed by atoms with Crippen molar-refractivity contribution in [1.82, 2.24) is 4.90 Å². The van der Waals surface area contributed by atoms with Gasteiger partial charge in [0.25, 0.3) is 0 Å². The Morgan fingerprint density at radius 1 is 1.39 bits per heavy atom. The Balaban J connectivity index is 1.96. The van der Waals surface area contributed by atoms with E-state index >= 15 is 0 Å². The van der Waals surface area contributed by atoms with Crippen LogP contribution in [0, 0.1) is 6.92 Å². The van der Waals surface area contributed by atoms with Crippen LogP contribution in [0.15, 0.2) is 18.2 Å². The van der Waals surface area contributed by atoms with Crippen LogP contribution in [0.2, 0.25) is 0 Å². The first kappa shape index (κ1) is 17.6. The summed E-state index contributed by atoms with van der Waals surface area (Å²) < 4.78 is 5.72. The van der Waals surface area contributed by atoms with Crippen molar-refractivity contribution in [3.05, 3.63) is 23.8 Å². The fourth-order valence-electron chi connectivity index (χ4n) is 2.54. The Morgan fingerprint density at radius 2 is 2.13 bits per heavy atom. The fraction of sp³-hybridized carbons (Fsp3) is 0.611. The molecule has 0 unspecified atom stereocenters. The maximum Gasteiger partial charge on any atom is 0.322 e. The minimum Gasteiger partial charge on any atom is -0.491 e. The molecule has 2 rings (SSSR count). The first-order valence-corrected chi connectivity index (χ1v) is 8.47. The average molecular weight is 320 g/mol. The van der Waals surface area contributed by atoms with Crippen LogP contribution < -0.4 is 10.1 Å². The van der Waals surface area contributed by atoms with Crippen LogP contribution in [0.5, 0.6) is 5.75 Å². The zero-order chi connectivity index (χ0) is 16.8. The first-order chi connectivity index (χ1) is 11.0. The number of benzene rings is 1. The molecule has 23 heavy (non-hydrogen) atoms. The van der Waals surface area contributed by atoms with Crippen LogP contribution in [-0.2, 0) is 0 Å². The molecule has 0 atom stereocenters. The largest absolute Gasteiger partial charge is 0.491 e. The number of nitrogens with one attached hydrogen (secondary N) is 1. The van der Waals surface area contributed by atoms with Gasteiger partial charge in [-0.3, -0.25) is 0 Å². The van der Waals surface area contributed by atoms with Crippen LogP contribution in [0.25, 0.3) is 0 Å². The van der Waals surface area contributed by atoms with Crippen molar-refractivity contribution in [3.8, 4) is 5.75 Å². The molecule has 0 radical (unpaired) electrons. The summed E-state index contributed by atoms with van der Waals surface area (Å²) in [5.74, 6) is 0.847. The Bertz CT molecular complexity index is 527. The number of unbranched alkanes of at least 4 members (excludes halogenated alkanes) is 1. The zero-order valence-corrected chi connectivity index (χ0v) is 14.3. The standard InChI is InChI=1S/C18H28N2O3/c1-13(2)23-17-9-6-15(12-14(17)3)19-18(22)20(16-7-8-16)10-4-5-11-21/h6,9,12-13,16,21H,4-5,7-8,10-11H2,1-3H3,(H,19,22). The van der Waals surface area contributed by atoms with Crippen molar-refractivity contribution < 1.29 is 14.6 Å². The van der Waals surface area contributed by atoms with Gasteiger partial charge in [0.15, 0.2) is 0 Å². The lowest BCUT2D eigenvalue weighted by Gasteiger charge is -2.23. The fourth-order valence-corrected chi connectivity index (χ4v) is 2.54. The van der Waals surface area contributed by atoms with Gasteiger partial charge < -0.3 is 20.1 Å². The van der Waals surface area contributed by atoms with Gasteiger partial charge in [-0.15, -0.1) is 0 Å². The van der Waals surface area contributed by atoms with E-state index in [2.05, 4.69) is 5.32 Å². The molecule has 5 heteroatoms. The Kier molecular flexibility index (Phi) is 6.28. The van der Waals surface area contributed by atoms with E-state index in [1.165, 1.54) is 0 Å². The van der Waals surface area contributed by atoms with Crippen molar-refractivity contribution in [1.29, 1.82) is 0 Å². The van der Waals surface area contributed by atoms with Crippen LogP contribution >= 0.6 is 0 Å². The van der Waals surface area contributed by atoms with E-state index in [1.54, 1.807) is 0 Å². The monoisotopic (exact) mass is 320 g/mol. The Labute approximate surface area is 138 Å². The van der Waals surface area contributed by atoms with E-state index in [9.17, 15) is 4.79 Å². The van der Waals surface area contributed by atoms with Crippen LogP contribution in [0.4, 0.5) is 10.5 Å². The SMILES string of the molecule is Cc1cc(NC(=O)N(CCCCO)C2CC2)ccc1OC(C)C. The van der Waals surface area contributed by atoms with Crippen molar-refractivity contribution in [2.24, 2.45) is 0 Å². The third-order valence-electron chi connectivity index (χ3n) is 3.84. The van der Waals surface area contributed by atoms with Crippen molar-refractivity contribution in [3.63, 3.8) is 0 Å². The van der Waals surface area contributed by atoms with Gasteiger partial charge in [0.2, 0.25) is 0 Å². The van der Waals surface area contributed by atoms with Crippen molar-refractivity contribution in [2.75, 3.05) is 18.5 Å². The second kappa shape index (κ2) is 8.20. The number of hydrogen-bond acceptors (Lipinski definition) is 3. The van der Waals surface area contributed by atoms with Crippen molar-refractivity contribution in [2.45, 2.75) is 58.6 Å². The summed E-state index contributed by atoms with van der Waals surface area (Å²) >= 11 is 0. The van der Waals surface area contributed by atoms with E-state index in [0.29, 0.717) is 12.6 Å². The number of nitrogens with zero attached hydrogens (tertiary/aromatic N) is 1. The van der Waals surface area contributed by atoms with Gasteiger partial charge in [0.1, 0.15) is 5.75 Å². The normalized spacial score (nSPS) is 14.0. The quantitative estimate of drug-likeness (QED) is 0.720. The highest BCUT2D eigenvalue weighted by molar-refractivity contribution is 5.90. The summed E-state index contributed by atoms with van der Waals surface area (Å²) in [7, 11) is 0. The summed E-state index contributed by atoms with van der Waals surface area (Å²) in [5.41, 5.74) is 1.80. The van der Waals surface area contributed by atoms with Crippen LogP contribution in [0.1, 0.15) is 45.1 Å². The second-order valence-electron chi connectivity index (χ2n) is 6.43. The predicted molar refractivity (Wildman–Crippen MR) is 92.0 cm³/mol. The van der Waals surface area contributed by atoms with Gasteiger partial charge in [0.05, 0.1) is 6.10 Å². The molecule has 1 saturated carbocycles. The highest BCUT2D eigenvalue weighted by Gasteiger charge is 2.32. The number of carbonyl (C=O) groups is 1. The maximum absolute atomic E-state index is 12.5. The van der Waals surface area contributed by atoms with Crippen molar-refractivity contribution >= 4 is 11.7 Å². The van der Waals surface area contributed by atoms with Gasteiger partial charge in [-0.05, 0) is 70.2 Å². The molecule has 1 aromatic carbocycles. The number of anilines is 1. The lowest BCUT2D eigenvalue weighted by atomic mass is 10.2. The Hall–Kier alpha value is -1.75. The van der Waals surface area contributed by atoms with Gasteiger partial charge in [-0.2, -0.15) is 0 Å². The number of carbonyl (C=O) groups excluding carboxylic acids is 1. The number of hydrogen-bond donors (Lipinski definition) is 2. The smallest absolute Gasteiger partial charge is 0.322 e. The molecule has 0 spiro atoms. The van der Waals surface area contributed by atoms with Gasteiger partial charge >= 0.3 is 6.03 Å². The molecular formula is C18H28N2O3. The minimum atomic E-state index is -0.0534. The predicted octanol–water partition coefficient (Wildman–Crippen LogP) is 3.55. The number of aliphatic hydroxyl groups excluding tert-OH is 1. The highest BCUT2D eigenvalue weighted by Crippen LogP contribution is 2.28. The second-order valence-corrected chi connectivity index (χ2v) is 6.43. The van der Waals surface area contributed by atoms with E-state index < -0.39 is 0 Å². The number of rotatable bonds is 8. The van der Waals surface area contributed by atoms with E-state index in [1.807, 2.05) is 43.9 Å². The molecule has 0 saturated heterocycles. The molecule has 1 aromatic rings. The lowest BCUT2D eigenvalue weighted by Crippen LogP contribution is -2.37. The minimum absolute atomic E-state index is 0.0534. The van der Waals surface area contributed by atoms with E-state index in [0.717, 1.165) is 42.7 Å². The summed E-state index contributed by atoms with van der Waals surface area (Å²) in [6.07, 6.45) is 3.85. The highest BCUT2D eigenvalue weighted by atomic mass is 16.5. The third-order valence-corrected chi connectivity index (χ3v) is 3.84. The molecule has 1 fully saturated rings. The molecule has 5 nitrogen and oxygen atoms in total. The molecule has 0 aliphatic heterocycles. The number of urea groups is 1. The molecule has 128 valence electrons. The summed E-state index contributed by atoms with van der Waals surface area (Å²) in [6, 6.07) is 6.02. The molecule has 0 heterocycles. The van der Waals surface area contributed by atoms with Gasteiger partial charge in [-0.25, -0.2) is 4.79 Å². The van der Waals surface area contributed by atoms with Crippen LogP contribution in [-0.4, -0.2) is 41.3 Å². The Morgan fingerprint density at radius 3 is 2.70 bits per heavy atom. The van der Waals surface area contributed by atoms with E-state index in [-0.39, 0.29) is 18.7 Å². The molecule has 2 N–H and O–H groups in total. The lowest BCUT2D eigenvalue weighted by molar-refractivity contribution is 0.204. The summed E-state index contributed by atoms with van der Waals surface area (Å²) in [5, 5.41) is 11.9. The average Bonchev–Trinajstić information content (AvgIpc) is 3.30. The molecule has 0 bridgehead atoms. The van der Waals surface area contributed by atoms with Crippen LogP contribution in [0.3, 0.4) is 0 Å². The molecule has 1 aliphatic carbocycles. The molecule has 2 amide bonds. The molecule has 0 aromatic heterocycles. The van der Waals surface area contributed by atoms with E-state index in [4.69, 9.17) is 9.84 Å². The summed E-state index contributed by atoms with van der Waals surface area (Å²) in [6.45, 7) is 6.85. The maximum atomic E-state index is 12.5. The first-order valence-electron chi connectivity index (χ1n) is 8.47. The number of amides is 2. The number of aryl methyl sites for hydroxylation is 1. The topological polar surface area (TPSA) is 61.8 Å². The number of aliphatic hydroxyl groups is 1. The van der Waals surface area contributed by atoms with Gasteiger partial charge in [-0.1, -0.05) is 0 Å². The molecule has 1 aliphatic rings. The summed E-state index contributed by atoms with van der Waals surface area (Å²) in [4.78, 5) is 14.4. The van der Waals surface area contributed by atoms with Gasteiger partial charge in [0, 0.05) is 24.9 Å². The third kappa shape index (κ3) is 5.43. The number of ether oxygens (including phenoxy) is 1. The zero-order valence-electron chi connectivity index (χ0n) is 14.3. The molecular weight excluding hydrogens is 292 g/mol.